The second-order valence-electron chi connectivity index (χ2n) is 12.8. The minimum atomic E-state index is 0.635. The average molecular weight is 664 g/mol. The van der Waals surface area contributed by atoms with E-state index < -0.39 is 0 Å². The molecule has 0 aliphatic heterocycles. The SMILES string of the molecule is c1ccc(-c2ccc(-c3nc(-c4ccccc4)nc(-c4ccc(-c5cccc(-c6ccccc6)c5-c5ccc6ccccc6c5)cc4)n3)cc2)cc1. The van der Waals surface area contributed by atoms with E-state index in [0.29, 0.717) is 17.5 Å². The number of hydrogen-bond donors (Lipinski definition) is 0. The van der Waals surface area contributed by atoms with E-state index in [0.717, 1.165) is 27.8 Å². The van der Waals surface area contributed by atoms with Crippen molar-refractivity contribution in [1.82, 2.24) is 15.0 Å². The third-order valence-electron chi connectivity index (χ3n) is 9.56. The van der Waals surface area contributed by atoms with Crippen molar-refractivity contribution < 1.29 is 0 Å². The number of aromatic nitrogens is 3. The zero-order chi connectivity index (χ0) is 34.7. The van der Waals surface area contributed by atoms with Crippen molar-refractivity contribution in [3.8, 4) is 78.7 Å². The highest BCUT2D eigenvalue weighted by atomic mass is 15.0. The van der Waals surface area contributed by atoms with Gasteiger partial charge in [-0.3, -0.25) is 0 Å². The predicted molar refractivity (Wildman–Crippen MR) is 215 cm³/mol. The van der Waals surface area contributed by atoms with Gasteiger partial charge in [-0.15, -0.1) is 0 Å². The predicted octanol–water partition coefficient (Wildman–Crippen LogP) is 12.7. The van der Waals surface area contributed by atoms with E-state index in [1.807, 2.05) is 36.4 Å². The Hall–Kier alpha value is -6.97. The van der Waals surface area contributed by atoms with Gasteiger partial charge in [-0.1, -0.05) is 194 Å². The summed E-state index contributed by atoms with van der Waals surface area (Å²) in [6.07, 6.45) is 0. The summed E-state index contributed by atoms with van der Waals surface area (Å²) in [6.45, 7) is 0. The van der Waals surface area contributed by atoms with Crippen LogP contribution < -0.4 is 0 Å². The lowest BCUT2D eigenvalue weighted by Crippen LogP contribution is -2.00. The largest absolute Gasteiger partial charge is 0.208 e. The van der Waals surface area contributed by atoms with E-state index in [1.165, 1.54) is 44.2 Å². The monoisotopic (exact) mass is 663 g/mol. The van der Waals surface area contributed by atoms with Gasteiger partial charge in [-0.25, -0.2) is 15.0 Å². The fourth-order valence-electron chi connectivity index (χ4n) is 6.90. The summed E-state index contributed by atoms with van der Waals surface area (Å²) < 4.78 is 0. The maximum absolute atomic E-state index is 5.03. The molecule has 0 spiro atoms. The first kappa shape index (κ1) is 31.0. The Balaban J connectivity index is 1.14. The van der Waals surface area contributed by atoms with E-state index in [9.17, 15) is 0 Å². The Morgan fingerprint density at radius 1 is 0.231 bits per heavy atom. The van der Waals surface area contributed by atoms with Crippen molar-refractivity contribution in [3.63, 3.8) is 0 Å². The third-order valence-corrected chi connectivity index (χ3v) is 9.56. The molecule has 0 amide bonds. The van der Waals surface area contributed by atoms with Crippen LogP contribution in [-0.4, -0.2) is 15.0 Å². The van der Waals surface area contributed by atoms with Gasteiger partial charge in [-0.2, -0.15) is 0 Å². The summed E-state index contributed by atoms with van der Waals surface area (Å²) >= 11 is 0. The summed E-state index contributed by atoms with van der Waals surface area (Å²) in [7, 11) is 0. The van der Waals surface area contributed by atoms with Crippen molar-refractivity contribution in [1.29, 1.82) is 0 Å². The van der Waals surface area contributed by atoms with Gasteiger partial charge in [0.05, 0.1) is 0 Å². The average Bonchev–Trinajstić information content (AvgIpc) is 3.24. The highest BCUT2D eigenvalue weighted by Gasteiger charge is 2.16. The van der Waals surface area contributed by atoms with Gasteiger partial charge in [0.1, 0.15) is 0 Å². The van der Waals surface area contributed by atoms with Gasteiger partial charge in [0.15, 0.2) is 17.5 Å². The molecule has 0 fully saturated rings. The van der Waals surface area contributed by atoms with E-state index >= 15 is 0 Å². The molecule has 1 heterocycles. The number of nitrogens with zero attached hydrogens (tertiary/aromatic N) is 3. The molecular formula is C49H33N3. The summed E-state index contributed by atoms with van der Waals surface area (Å²) in [5.41, 5.74) is 12.2. The number of benzene rings is 8. The first-order valence-corrected chi connectivity index (χ1v) is 17.5. The molecule has 52 heavy (non-hydrogen) atoms. The van der Waals surface area contributed by atoms with Crippen LogP contribution in [0.3, 0.4) is 0 Å². The first-order valence-electron chi connectivity index (χ1n) is 17.5. The van der Waals surface area contributed by atoms with Crippen LogP contribution in [-0.2, 0) is 0 Å². The maximum Gasteiger partial charge on any atom is 0.164 e. The molecule has 9 rings (SSSR count). The van der Waals surface area contributed by atoms with E-state index in [1.54, 1.807) is 0 Å². The molecule has 1 aromatic heterocycles. The lowest BCUT2D eigenvalue weighted by molar-refractivity contribution is 1.07. The zero-order valence-corrected chi connectivity index (χ0v) is 28.4. The van der Waals surface area contributed by atoms with E-state index in [2.05, 4.69) is 164 Å². The molecule has 9 aromatic rings. The van der Waals surface area contributed by atoms with Gasteiger partial charge in [0.25, 0.3) is 0 Å². The summed E-state index contributed by atoms with van der Waals surface area (Å²) in [6, 6.07) is 70.1. The summed E-state index contributed by atoms with van der Waals surface area (Å²) in [5, 5.41) is 2.45. The second kappa shape index (κ2) is 13.7. The lowest BCUT2D eigenvalue weighted by atomic mass is 9.87. The molecular weight excluding hydrogens is 631 g/mol. The highest BCUT2D eigenvalue weighted by Crippen LogP contribution is 2.41. The van der Waals surface area contributed by atoms with E-state index in [-0.39, 0.29) is 0 Å². The van der Waals surface area contributed by atoms with Gasteiger partial charge in [0.2, 0.25) is 0 Å². The number of rotatable bonds is 7. The normalized spacial score (nSPS) is 11.1. The van der Waals surface area contributed by atoms with Crippen molar-refractivity contribution in [2.24, 2.45) is 0 Å². The Morgan fingerprint density at radius 2 is 0.596 bits per heavy atom. The van der Waals surface area contributed by atoms with Gasteiger partial charge < -0.3 is 0 Å². The van der Waals surface area contributed by atoms with Crippen molar-refractivity contribution in [2.45, 2.75) is 0 Å². The van der Waals surface area contributed by atoms with Crippen LogP contribution in [0.4, 0.5) is 0 Å². The fourth-order valence-corrected chi connectivity index (χ4v) is 6.90. The van der Waals surface area contributed by atoms with Crippen molar-refractivity contribution >= 4 is 10.8 Å². The van der Waals surface area contributed by atoms with Crippen molar-refractivity contribution in [3.05, 3.63) is 200 Å². The molecule has 3 nitrogen and oxygen atoms in total. The molecule has 0 atom stereocenters. The molecule has 0 saturated heterocycles. The highest BCUT2D eigenvalue weighted by molar-refractivity contribution is 5.98. The van der Waals surface area contributed by atoms with Crippen LogP contribution in [0.25, 0.3) is 89.4 Å². The Bertz CT molecular complexity index is 2630. The number of fused-ring (bicyclic) bond motifs is 1. The smallest absolute Gasteiger partial charge is 0.164 e. The zero-order valence-electron chi connectivity index (χ0n) is 28.4. The van der Waals surface area contributed by atoms with Gasteiger partial charge >= 0.3 is 0 Å². The lowest BCUT2D eigenvalue weighted by Gasteiger charge is -2.17. The second-order valence-corrected chi connectivity index (χ2v) is 12.8. The van der Waals surface area contributed by atoms with Crippen LogP contribution in [0.15, 0.2) is 200 Å². The fraction of sp³-hybridized carbons (Fsp3) is 0. The molecule has 244 valence electrons. The maximum atomic E-state index is 5.03. The minimum Gasteiger partial charge on any atom is -0.208 e. The Morgan fingerprint density at radius 3 is 1.15 bits per heavy atom. The van der Waals surface area contributed by atoms with Gasteiger partial charge in [-0.05, 0) is 61.3 Å². The molecule has 0 bridgehead atoms. The standard InChI is InChI=1S/C49H33N3/c1-4-13-34(14-5-1)36-23-28-40(29-24-36)48-50-47(39-18-8-3-9-19-39)51-49(52-48)41-30-26-38(27-31-41)45-22-12-21-44(37-16-6-2-7-17-37)46(45)43-32-25-35-15-10-11-20-42(35)33-43/h1-33H. The van der Waals surface area contributed by atoms with Gasteiger partial charge in [0, 0.05) is 16.7 Å². The molecule has 0 radical (unpaired) electrons. The third kappa shape index (κ3) is 6.17. The van der Waals surface area contributed by atoms with Crippen LogP contribution in [0, 0.1) is 0 Å². The Kier molecular flexibility index (Phi) is 8.20. The van der Waals surface area contributed by atoms with Crippen LogP contribution in [0.2, 0.25) is 0 Å². The summed E-state index contributed by atoms with van der Waals surface area (Å²) in [4.78, 5) is 15.0. The molecule has 0 aliphatic rings. The quantitative estimate of drug-likeness (QED) is 0.170. The molecule has 8 aromatic carbocycles. The molecule has 0 N–H and O–H groups in total. The summed E-state index contributed by atoms with van der Waals surface area (Å²) in [5.74, 6) is 1.92. The molecule has 3 heteroatoms. The van der Waals surface area contributed by atoms with Crippen LogP contribution in [0.5, 0.6) is 0 Å². The van der Waals surface area contributed by atoms with Crippen LogP contribution in [0.1, 0.15) is 0 Å². The number of hydrogen-bond acceptors (Lipinski definition) is 3. The molecule has 0 saturated carbocycles. The van der Waals surface area contributed by atoms with Crippen LogP contribution >= 0.6 is 0 Å². The van der Waals surface area contributed by atoms with Crippen molar-refractivity contribution in [2.75, 3.05) is 0 Å². The molecule has 0 aliphatic carbocycles. The minimum absolute atomic E-state index is 0.635. The molecule has 0 unspecified atom stereocenters. The first-order chi connectivity index (χ1) is 25.8. The topological polar surface area (TPSA) is 38.7 Å². The Labute approximate surface area is 303 Å². The van der Waals surface area contributed by atoms with E-state index in [4.69, 9.17) is 15.0 Å².